The molecule has 2 aromatic carbocycles. The Morgan fingerprint density at radius 2 is 1.52 bits per heavy atom. The summed E-state index contributed by atoms with van der Waals surface area (Å²) < 4.78 is 30.3. The summed E-state index contributed by atoms with van der Waals surface area (Å²) >= 11 is 0. The molecule has 33 heavy (non-hydrogen) atoms. The molecule has 0 heterocycles. The third-order valence-electron chi connectivity index (χ3n) is 5.46. The lowest BCUT2D eigenvalue weighted by Crippen LogP contribution is -2.35. The molecule has 2 aromatic rings. The SMILES string of the molecule is CCCCCCCCCC(C/C=C/S(=O)(=O)c1ccccc1)NC(=O)OCc1ccccc1. The standard InChI is InChI=1S/C27H37NO4S/c1-2-3-4-5-6-7-12-18-25(28-27(29)32-23-24-16-10-8-11-17-24)19-15-22-33(30,31)26-20-13-9-14-21-26/h8-11,13-17,20-22,25H,2-7,12,18-19,23H2,1H3,(H,28,29)/b22-15+. The first-order valence-electron chi connectivity index (χ1n) is 11.9. The molecule has 1 amide bonds. The van der Waals surface area contributed by atoms with Gasteiger partial charge >= 0.3 is 6.09 Å². The molecule has 2 rings (SSSR count). The smallest absolute Gasteiger partial charge is 0.407 e. The van der Waals surface area contributed by atoms with Crippen LogP contribution in [-0.2, 0) is 21.2 Å². The number of benzene rings is 2. The second-order valence-electron chi connectivity index (χ2n) is 8.28. The molecule has 0 aliphatic heterocycles. The highest BCUT2D eigenvalue weighted by Gasteiger charge is 2.14. The first-order chi connectivity index (χ1) is 16.0. The number of hydrogen-bond donors (Lipinski definition) is 1. The Morgan fingerprint density at radius 1 is 0.909 bits per heavy atom. The number of amides is 1. The summed E-state index contributed by atoms with van der Waals surface area (Å²) in [7, 11) is -3.49. The molecule has 1 unspecified atom stereocenters. The molecule has 0 aromatic heterocycles. The molecule has 1 atom stereocenters. The van der Waals surface area contributed by atoms with Gasteiger partial charge in [-0.2, -0.15) is 0 Å². The Hall–Kier alpha value is -2.60. The summed E-state index contributed by atoms with van der Waals surface area (Å²) in [4.78, 5) is 12.6. The second-order valence-corrected chi connectivity index (χ2v) is 10.1. The van der Waals surface area contributed by atoms with Crippen molar-refractivity contribution in [2.75, 3.05) is 0 Å². The van der Waals surface area contributed by atoms with Gasteiger partial charge < -0.3 is 10.1 Å². The van der Waals surface area contributed by atoms with Crippen LogP contribution in [0.2, 0.25) is 0 Å². The predicted molar refractivity (Wildman–Crippen MR) is 134 cm³/mol. The highest BCUT2D eigenvalue weighted by atomic mass is 32.2. The molecular formula is C27H37NO4S. The average Bonchev–Trinajstić information content (AvgIpc) is 2.83. The number of carbonyl (C=O) groups excluding carboxylic acids is 1. The van der Waals surface area contributed by atoms with Gasteiger partial charge in [0.15, 0.2) is 9.84 Å². The quantitative estimate of drug-likeness (QED) is 0.290. The largest absolute Gasteiger partial charge is 0.445 e. The maximum absolute atomic E-state index is 12.5. The topological polar surface area (TPSA) is 72.5 Å². The Kier molecular flexibility index (Phi) is 12.3. The van der Waals surface area contributed by atoms with Gasteiger partial charge in [0.1, 0.15) is 6.61 Å². The molecule has 0 saturated carbocycles. The van der Waals surface area contributed by atoms with Crippen molar-refractivity contribution < 1.29 is 17.9 Å². The molecule has 180 valence electrons. The van der Waals surface area contributed by atoms with Crippen LogP contribution in [0.15, 0.2) is 77.0 Å². The Bertz CT molecular complexity index is 927. The van der Waals surface area contributed by atoms with Crippen molar-refractivity contribution in [2.45, 2.75) is 82.3 Å². The summed E-state index contributed by atoms with van der Waals surface area (Å²) in [6, 6.07) is 17.7. The summed E-state index contributed by atoms with van der Waals surface area (Å²) in [5.74, 6) is 0. The van der Waals surface area contributed by atoms with Gasteiger partial charge in [0, 0.05) is 11.4 Å². The van der Waals surface area contributed by atoms with Crippen LogP contribution in [0.5, 0.6) is 0 Å². The molecule has 0 fully saturated rings. The van der Waals surface area contributed by atoms with E-state index in [1.54, 1.807) is 36.4 Å². The van der Waals surface area contributed by atoms with Crippen LogP contribution >= 0.6 is 0 Å². The minimum absolute atomic E-state index is 0.175. The molecule has 0 aliphatic carbocycles. The number of alkyl carbamates (subject to hydrolysis) is 1. The van der Waals surface area contributed by atoms with E-state index in [1.165, 1.54) is 37.5 Å². The van der Waals surface area contributed by atoms with E-state index in [1.807, 2.05) is 30.3 Å². The van der Waals surface area contributed by atoms with Gasteiger partial charge in [-0.25, -0.2) is 13.2 Å². The number of sulfone groups is 1. The van der Waals surface area contributed by atoms with E-state index >= 15 is 0 Å². The summed E-state index contributed by atoms with van der Waals surface area (Å²) in [6.07, 6.45) is 10.6. The first kappa shape index (κ1) is 26.7. The third kappa shape index (κ3) is 11.2. The van der Waals surface area contributed by atoms with Crippen molar-refractivity contribution in [3.05, 3.63) is 77.7 Å². The zero-order valence-corrected chi connectivity index (χ0v) is 20.4. The zero-order valence-electron chi connectivity index (χ0n) is 19.6. The maximum Gasteiger partial charge on any atom is 0.407 e. The van der Waals surface area contributed by atoms with Crippen LogP contribution in [-0.4, -0.2) is 20.6 Å². The van der Waals surface area contributed by atoms with Gasteiger partial charge in [-0.3, -0.25) is 0 Å². The van der Waals surface area contributed by atoms with Crippen LogP contribution in [0.3, 0.4) is 0 Å². The number of unbranched alkanes of at least 4 members (excludes halogenated alkanes) is 6. The maximum atomic E-state index is 12.5. The average molecular weight is 472 g/mol. The van der Waals surface area contributed by atoms with Crippen LogP contribution in [0.25, 0.3) is 0 Å². The van der Waals surface area contributed by atoms with Crippen molar-refractivity contribution in [1.29, 1.82) is 0 Å². The van der Waals surface area contributed by atoms with Gasteiger partial charge in [0.25, 0.3) is 0 Å². The fourth-order valence-electron chi connectivity index (χ4n) is 3.56. The lowest BCUT2D eigenvalue weighted by atomic mass is 10.0. The molecule has 6 heteroatoms. The third-order valence-corrected chi connectivity index (χ3v) is 6.94. The van der Waals surface area contributed by atoms with Crippen molar-refractivity contribution in [1.82, 2.24) is 5.32 Å². The van der Waals surface area contributed by atoms with E-state index in [9.17, 15) is 13.2 Å². The van der Waals surface area contributed by atoms with Crippen LogP contribution in [0.1, 0.15) is 70.3 Å². The van der Waals surface area contributed by atoms with Gasteiger partial charge in [0.2, 0.25) is 0 Å². The lowest BCUT2D eigenvalue weighted by Gasteiger charge is -2.17. The van der Waals surface area contributed by atoms with Gasteiger partial charge in [-0.15, -0.1) is 0 Å². The molecule has 5 nitrogen and oxygen atoms in total. The van der Waals surface area contributed by atoms with Crippen LogP contribution in [0, 0.1) is 0 Å². The van der Waals surface area contributed by atoms with Gasteiger partial charge in [0.05, 0.1) is 4.90 Å². The predicted octanol–water partition coefficient (Wildman–Crippen LogP) is 6.80. The highest BCUT2D eigenvalue weighted by molar-refractivity contribution is 7.94. The number of rotatable bonds is 15. The Balaban J connectivity index is 1.88. The summed E-state index contributed by atoms with van der Waals surface area (Å²) in [5, 5.41) is 4.15. The highest BCUT2D eigenvalue weighted by Crippen LogP contribution is 2.15. The van der Waals surface area contributed by atoms with Crippen LogP contribution in [0.4, 0.5) is 4.79 Å². The second kappa shape index (κ2) is 15.3. The van der Waals surface area contributed by atoms with E-state index in [-0.39, 0.29) is 17.5 Å². The zero-order chi connectivity index (χ0) is 23.8. The van der Waals surface area contributed by atoms with Crippen molar-refractivity contribution in [3.63, 3.8) is 0 Å². The van der Waals surface area contributed by atoms with E-state index in [0.717, 1.165) is 24.8 Å². The van der Waals surface area contributed by atoms with Gasteiger partial charge in [-0.05, 0) is 30.5 Å². The van der Waals surface area contributed by atoms with Crippen molar-refractivity contribution in [2.24, 2.45) is 0 Å². The monoisotopic (exact) mass is 471 g/mol. The van der Waals surface area contributed by atoms with Crippen LogP contribution < -0.4 is 5.32 Å². The fraction of sp³-hybridized carbons (Fsp3) is 0.444. The molecule has 0 aliphatic rings. The molecule has 1 N–H and O–H groups in total. The fourth-order valence-corrected chi connectivity index (χ4v) is 4.62. The number of ether oxygens (including phenoxy) is 1. The molecule has 0 bridgehead atoms. The lowest BCUT2D eigenvalue weighted by molar-refractivity contribution is 0.135. The first-order valence-corrected chi connectivity index (χ1v) is 13.5. The van der Waals surface area contributed by atoms with Gasteiger partial charge in [-0.1, -0.05) is 106 Å². The number of carbonyl (C=O) groups is 1. The number of hydrogen-bond acceptors (Lipinski definition) is 4. The van der Waals surface area contributed by atoms with E-state index in [4.69, 9.17) is 4.74 Å². The Morgan fingerprint density at radius 3 is 2.18 bits per heavy atom. The molecule has 0 spiro atoms. The normalized spacial score (nSPS) is 12.5. The number of nitrogens with one attached hydrogen (secondary N) is 1. The molecule has 0 radical (unpaired) electrons. The summed E-state index contributed by atoms with van der Waals surface area (Å²) in [5.41, 5.74) is 0.921. The van der Waals surface area contributed by atoms with Crippen molar-refractivity contribution in [3.8, 4) is 0 Å². The Labute approximate surface area is 199 Å². The van der Waals surface area contributed by atoms with E-state index in [0.29, 0.717) is 6.42 Å². The van der Waals surface area contributed by atoms with E-state index < -0.39 is 15.9 Å². The minimum Gasteiger partial charge on any atom is -0.445 e. The van der Waals surface area contributed by atoms with E-state index in [2.05, 4.69) is 12.2 Å². The molecular weight excluding hydrogens is 434 g/mol. The van der Waals surface area contributed by atoms with Crippen molar-refractivity contribution >= 4 is 15.9 Å². The minimum atomic E-state index is -3.49. The molecule has 0 saturated heterocycles. The summed E-state index contributed by atoms with van der Waals surface area (Å²) in [6.45, 7) is 2.41.